The first-order valence-electron chi connectivity index (χ1n) is 5.42. The predicted octanol–water partition coefficient (Wildman–Crippen LogP) is 0.378. The molecule has 0 saturated heterocycles. The zero-order valence-electron chi connectivity index (χ0n) is 10.00. The second kappa shape index (κ2) is 6.97. The minimum Gasteiger partial charge on any atom is -0.480 e. The van der Waals surface area contributed by atoms with Crippen molar-refractivity contribution in [1.29, 1.82) is 0 Å². The van der Waals surface area contributed by atoms with Crippen LogP contribution in [0.2, 0.25) is 0 Å². The lowest BCUT2D eigenvalue weighted by Crippen LogP contribution is -2.48. The summed E-state index contributed by atoms with van der Waals surface area (Å²) in [5.74, 6) is -1.25. The quantitative estimate of drug-likeness (QED) is 0.698. The highest BCUT2D eigenvalue weighted by atomic mass is 32.1. The minimum atomic E-state index is -1.26. The molecule has 2 amide bonds. The first-order valence-corrected chi connectivity index (χ1v) is 6.30. The SMILES string of the molecule is CN(CCc1cccs1)C(=O)N[C@H](CO)C(=O)O. The summed E-state index contributed by atoms with van der Waals surface area (Å²) in [6, 6.07) is 2.14. The highest BCUT2D eigenvalue weighted by molar-refractivity contribution is 7.09. The van der Waals surface area contributed by atoms with Crippen molar-refractivity contribution in [3.63, 3.8) is 0 Å². The van der Waals surface area contributed by atoms with E-state index in [1.807, 2.05) is 17.5 Å². The normalized spacial score (nSPS) is 11.9. The zero-order valence-corrected chi connectivity index (χ0v) is 10.8. The summed E-state index contributed by atoms with van der Waals surface area (Å²) in [5.41, 5.74) is 0. The third-order valence-corrected chi connectivity index (χ3v) is 3.33. The molecule has 0 spiro atoms. The van der Waals surface area contributed by atoms with Gasteiger partial charge in [-0.3, -0.25) is 0 Å². The van der Waals surface area contributed by atoms with Gasteiger partial charge in [0.05, 0.1) is 6.61 Å². The third-order valence-electron chi connectivity index (χ3n) is 2.40. The highest BCUT2D eigenvalue weighted by Crippen LogP contribution is 2.09. The number of carbonyl (C=O) groups excluding carboxylic acids is 1. The molecular formula is C11H16N2O4S. The Labute approximate surface area is 109 Å². The molecule has 6 nitrogen and oxygen atoms in total. The van der Waals surface area contributed by atoms with Crippen LogP contribution < -0.4 is 5.32 Å². The third kappa shape index (κ3) is 4.34. The predicted molar refractivity (Wildman–Crippen MR) is 67.7 cm³/mol. The van der Waals surface area contributed by atoms with Gasteiger partial charge in [-0.25, -0.2) is 9.59 Å². The number of carboxylic acid groups (broad SMARTS) is 1. The van der Waals surface area contributed by atoms with E-state index < -0.39 is 24.6 Å². The first kappa shape index (κ1) is 14.5. The van der Waals surface area contributed by atoms with Crippen molar-refractivity contribution < 1.29 is 19.8 Å². The van der Waals surface area contributed by atoms with Crippen molar-refractivity contribution in [2.24, 2.45) is 0 Å². The van der Waals surface area contributed by atoms with Gasteiger partial charge in [0.15, 0.2) is 6.04 Å². The number of nitrogens with one attached hydrogen (secondary N) is 1. The van der Waals surface area contributed by atoms with Crippen LogP contribution in [0.15, 0.2) is 17.5 Å². The van der Waals surface area contributed by atoms with Gasteiger partial charge in [-0.1, -0.05) is 6.07 Å². The Kier molecular flexibility index (Phi) is 5.60. The van der Waals surface area contributed by atoms with E-state index in [1.54, 1.807) is 18.4 Å². The first-order chi connectivity index (χ1) is 8.54. The topological polar surface area (TPSA) is 89.9 Å². The van der Waals surface area contributed by atoms with Crippen molar-refractivity contribution in [2.75, 3.05) is 20.2 Å². The van der Waals surface area contributed by atoms with Crippen LogP contribution in [0.3, 0.4) is 0 Å². The fraction of sp³-hybridized carbons (Fsp3) is 0.455. The molecule has 18 heavy (non-hydrogen) atoms. The maximum atomic E-state index is 11.6. The van der Waals surface area contributed by atoms with Crippen LogP contribution in [0.1, 0.15) is 4.88 Å². The molecule has 0 bridgehead atoms. The molecular weight excluding hydrogens is 256 g/mol. The van der Waals surface area contributed by atoms with E-state index in [1.165, 1.54) is 4.90 Å². The van der Waals surface area contributed by atoms with Gasteiger partial charge in [-0.2, -0.15) is 0 Å². The Morgan fingerprint density at radius 1 is 1.56 bits per heavy atom. The van der Waals surface area contributed by atoms with Gasteiger partial charge < -0.3 is 20.4 Å². The average Bonchev–Trinajstić information content (AvgIpc) is 2.85. The van der Waals surface area contributed by atoms with Crippen molar-refractivity contribution in [1.82, 2.24) is 10.2 Å². The molecule has 0 aromatic carbocycles. The smallest absolute Gasteiger partial charge is 0.328 e. The molecule has 0 aliphatic heterocycles. The van der Waals surface area contributed by atoms with Crippen molar-refractivity contribution in [3.8, 4) is 0 Å². The van der Waals surface area contributed by atoms with Gasteiger partial charge in [-0.05, 0) is 17.9 Å². The van der Waals surface area contributed by atoms with Crippen molar-refractivity contribution in [2.45, 2.75) is 12.5 Å². The van der Waals surface area contributed by atoms with Gasteiger partial charge in [-0.15, -0.1) is 11.3 Å². The number of thiophene rings is 1. The van der Waals surface area contributed by atoms with Crippen LogP contribution in [0.25, 0.3) is 0 Å². The average molecular weight is 272 g/mol. The van der Waals surface area contributed by atoms with E-state index in [-0.39, 0.29) is 0 Å². The second-order valence-electron chi connectivity index (χ2n) is 3.77. The minimum absolute atomic E-state index is 0.490. The molecule has 1 aromatic heterocycles. The van der Waals surface area contributed by atoms with Crippen LogP contribution in [0.4, 0.5) is 4.79 Å². The number of amides is 2. The van der Waals surface area contributed by atoms with Crippen molar-refractivity contribution in [3.05, 3.63) is 22.4 Å². The van der Waals surface area contributed by atoms with Gasteiger partial charge in [0.2, 0.25) is 0 Å². The number of aliphatic hydroxyl groups is 1. The van der Waals surface area contributed by atoms with E-state index in [0.717, 1.165) is 11.3 Å². The Hall–Kier alpha value is -1.60. The monoisotopic (exact) mass is 272 g/mol. The van der Waals surface area contributed by atoms with Crippen molar-refractivity contribution >= 4 is 23.3 Å². The van der Waals surface area contributed by atoms with E-state index in [4.69, 9.17) is 10.2 Å². The summed E-state index contributed by atoms with van der Waals surface area (Å²) in [4.78, 5) is 24.8. The van der Waals surface area contributed by atoms with Crippen LogP contribution in [0.5, 0.6) is 0 Å². The van der Waals surface area contributed by atoms with Gasteiger partial charge in [0.25, 0.3) is 0 Å². The van der Waals surface area contributed by atoms with Gasteiger partial charge >= 0.3 is 12.0 Å². The summed E-state index contributed by atoms with van der Waals surface area (Å²) in [7, 11) is 1.58. The number of urea groups is 1. The lowest BCUT2D eigenvalue weighted by atomic mass is 10.3. The lowest BCUT2D eigenvalue weighted by molar-refractivity contribution is -0.140. The zero-order chi connectivity index (χ0) is 13.5. The number of nitrogens with zero attached hydrogens (tertiary/aromatic N) is 1. The number of carboxylic acids is 1. The largest absolute Gasteiger partial charge is 0.480 e. The van der Waals surface area contributed by atoms with Crippen LogP contribution in [-0.4, -0.2) is 53.4 Å². The summed E-state index contributed by atoms with van der Waals surface area (Å²) >= 11 is 1.61. The molecule has 0 aliphatic rings. The molecule has 1 rings (SSSR count). The molecule has 100 valence electrons. The van der Waals surface area contributed by atoms with Crippen LogP contribution in [0, 0.1) is 0 Å². The van der Waals surface area contributed by atoms with E-state index in [9.17, 15) is 9.59 Å². The molecule has 0 unspecified atom stereocenters. The highest BCUT2D eigenvalue weighted by Gasteiger charge is 2.20. The molecule has 0 radical (unpaired) electrons. The molecule has 1 atom stereocenters. The van der Waals surface area contributed by atoms with Crippen LogP contribution >= 0.6 is 11.3 Å². The maximum absolute atomic E-state index is 11.6. The number of aliphatic hydroxyl groups excluding tert-OH is 1. The van der Waals surface area contributed by atoms with Crippen LogP contribution in [-0.2, 0) is 11.2 Å². The molecule has 0 fully saturated rings. The Morgan fingerprint density at radius 2 is 2.28 bits per heavy atom. The molecule has 1 heterocycles. The summed E-state index contributed by atoms with van der Waals surface area (Å²) in [6.07, 6.45) is 0.721. The number of hydrogen-bond acceptors (Lipinski definition) is 4. The van der Waals surface area contributed by atoms with E-state index in [2.05, 4.69) is 5.32 Å². The Morgan fingerprint density at radius 3 is 2.78 bits per heavy atom. The van der Waals surface area contributed by atoms with Gasteiger partial charge in [0.1, 0.15) is 0 Å². The number of likely N-dealkylation sites (N-methyl/N-ethyl adjacent to an activating group) is 1. The standard InChI is InChI=1S/C11H16N2O4S/c1-13(5-4-8-3-2-6-18-8)11(17)12-9(7-14)10(15)16/h2-3,6,9,14H,4-5,7H2,1H3,(H,12,17)(H,15,16)/t9-/m1/s1. The fourth-order valence-electron chi connectivity index (χ4n) is 1.28. The number of hydrogen-bond donors (Lipinski definition) is 3. The second-order valence-corrected chi connectivity index (χ2v) is 4.81. The molecule has 0 aliphatic carbocycles. The lowest BCUT2D eigenvalue weighted by Gasteiger charge is -2.20. The molecule has 7 heteroatoms. The number of carbonyl (C=O) groups is 2. The summed E-state index contributed by atoms with van der Waals surface area (Å²) in [6.45, 7) is -0.135. The molecule has 0 saturated carbocycles. The van der Waals surface area contributed by atoms with E-state index >= 15 is 0 Å². The Balaban J connectivity index is 2.38. The van der Waals surface area contributed by atoms with E-state index in [0.29, 0.717) is 6.54 Å². The molecule has 3 N–H and O–H groups in total. The van der Waals surface area contributed by atoms with Gasteiger partial charge in [0, 0.05) is 18.5 Å². The maximum Gasteiger partial charge on any atom is 0.328 e. The Bertz CT molecular complexity index is 394. The molecule has 1 aromatic rings. The number of rotatable bonds is 6. The summed E-state index contributed by atoms with van der Waals surface area (Å²) in [5, 5.41) is 21.7. The fourth-order valence-corrected chi connectivity index (χ4v) is 1.98. The number of aliphatic carboxylic acids is 1. The summed E-state index contributed by atoms with van der Waals surface area (Å²) < 4.78 is 0.